The summed E-state index contributed by atoms with van der Waals surface area (Å²) >= 11 is 6.16. The average Bonchev–Trinajstić information content (AvgIpc) is 2.86. The van der Waals surface area contributed by atoms with Crippen molar-refractivity contribution in [3.8, 4) is 5.75 Å². The molecule has 0 aromatic heterocycles. The van der Waals surface area contributed by atoms with Gasteiger partial charge in [0.05, 0.1) is 27.3 Å². The topological polar surface area (TPSA) is 92.7 Å². The quantitative estimate of drug-likeness (QED) is 0.241. The van der Waals surface area contributed by atoms with E-state index in [2.05, 4.69) is 5.32 Å². The number of carbonyl (C=O) groups is 1. The lowest BCUT2D eigenvalue weighted by Crippen LogP contribution is -2.39. The van der Waals surface area contributed by atoms with E-state index in [0.717, 1.165) is 18.2 Å². The monoisotopic (exact) mass is 583 g/mol. The van der Waals surface area contributed by atoms with E-state index in [1.807, 2.05) is 0 Å². The second kappa shape index (κ2) is 10.9. The Morgan fingerprint density at radius 1 is 1.15 bits per heavy atom. The maximum absolute atomic E-state index is 14.4. The first kappa shape index (κ1) is 28.4. The minimum absolute atomic E-state index is 0.137. The molecule has 0 saturated carbocycles. The first-order valence-electron chi connectivity index (χ1n) is 11.6. The molecule has 206 valence electrons. The minimum atomic E-state index is -4.75. The summed E-state index contributed by atoms with van der Waals surface area (Å²) in [5.74, 6) is -0.408. The normalized spacial score (nSPS) is 17.7. The van der Waals surface area contributed by atoms with E-state index >= 15 is 0 Å². The first-order chi connectivity index (χ1) is 18.3. The summed E-state index contributed by atoms with van der Waals surface area (Å²) in [4.78, 5) is 10.5. The molecule has 3 aromatic carbocycles. The Balaban J connectivity index is 1.80. The number of alkyl halides is 3. The van der Waals surface area contributed by atoms with Crippen LogP contribution in [0.2, 0.25) is 5.02 Å². The number of nitrogens with one attached hydrogen (secondary N) is 1. The number of amides is 1. The van der Waals surface area contributed by atoms with Gasteiger partial charge in [0.15, 0.2) is 9.84 Å². The number of ether oxygens (including phenoxy) is 1. The zero-order valence-electron chi connectivity index (χ0n) is 20.3. The number of halogens is 5. The average molecular weight is 584 g/mol. The van der Waals surface area contributed by atoms with Crippen LogP contribution < -0.4 is 10.1 Å². The molecule has 0 aliphatic carbocycles. The Bertz CT molecular complexity index is 1540. The Kier molecular flexibility index (Phi) is 7.94. The predicted octanol–water partition coefficient (Wildman–Crippen LogP) is 6.99. The molecule has 2 atom stereocenters. The molecule has 1 aliphatic rings. The molecule has 1 heterocycles. The van der Waals surface area contributed by atoms with Gasteiger partial charge in [0.25, 0.3) is 0 Å². The fourth-order valence-electron chi connectivity index (χ4n) is 4.44. The maximum Gasteiger partial charge on any atom is 0.416 e. The number of carboxylic acid groups (broad SMARTS) is 1. The van der Waals surface area contributed by atoms with Gasteiger partial charge in [-0.1, -0.05) is 35.9 Å². The molecule has 6 nitrogen and oxygen atoms in total. The van der Waals surface area contributed by atoms with Gasteiger partial charge >= 0.3 is 12.3 Å². The van der Waals surface area contributed by atoms with Crippen molar-refractivity contribution >= 4 is 39.2 Å². The lowest BCUT2D eigenvalue weighted by atomic mass is 9.97. The van der Waals surface area contributed by atoms with Crippen molar-refractivity contribution in [3.63, 3.8) is 0 Å². The van der Waals surface area contributed by atoms with Crippen LogP contribution in [0.4, 0.5) is 22.4 Å². The zero-order chi connectivity index (χ0) is 28.5. The number of sulfone groups is 1. The van der Waals surface area contributed by atoms with Crippen molar-refractivity contribution in [2.45, 2.75) is 35.8 Å². The van der Waals surface area contributed by atoms with Crippen LogP contribution in [0.15, 0.2) is 65.6 Å². The van der Waals surface area contributed by atoms with Crippen molar-refractivity contribution < 1.29 is 40.6 Å². The summed E-state index contributed by atoms with van der Waals surface area (Å²) in [6, 6.07) is 12.3. The standard InChI is InChI=1S/C27H22ClF4NO5S/c1-15(25-21(28)6-3-7-22(25)29)10-16-8-9-23-20(11-16)24(13-18(38-23)14-33-26(34)35)39(36,37)19-5-2-4-17(12-19)27(30,31)32/h2-12,18,24,33H,13-14H2,1H3,(H,34,35). The molecule has 4 rings (SSSR count). The molecular formula is C27H22ClF4NO5S. The SMILES string of the molecule is CC(=Cc1ccc2c(c1)C(S(=O)(=O)c1cccc(C(F)(F)F)c1)CC(CNC(=O)O)O2)c1c(F)cccc1Cl. The highest BCUT2D eigenvalue weighted by atomic mass is 35.5. The number of rotatable bonds is 6. The Morgan fingerprint density at radius 2 is 1.87 bits per heavy atom. The van der Waals surface area contributed by atoms with Crippen LogP contribution in [-0.4, -0.2) is 32.3 Å². The molecule has 0 fully saturated rings. The van der Waals surface area contributed by atoms with E-state index in [0.29, 0.717) is 17.2 Å². The summed E-state index contributed by atoms with van der Waals surface area (Å²) in [5.41, 5.74) is 0.159. The second-order valence-corrected chi connectivity index (χ2v) is 11.5. The van der Waals surface area contributed by atoms with E-state index in [-0.39, 0.29) is 34.9 Å². The molecule has 0 saturated heterocycles. The van der Waals surface area contributed by atoms with E-state index in [1.165, 1.54) is 30.3 Å². The third-order valence-corrected chi connectivity index (χ3v) is 8.66. The lowest BCUT2D eigenvalue weighted by molar-refractivity contribution is -0.137. The van der Waals surface area contributed by atoms with Gasteiger partial charge in [-0.25, -0.2) is 17.6 Å². The van der Waals surface area contributed by atoms with Crippen molar-refractivity contribution in [2.75, 3.05) is 6.54 Å². The summed E-state index contributed by atoms with van der Waals surface area (Å²) in [5, 5.41) is 9.95. The van der Waals surface area contributed by atoms with Crippen LogP contribution in [0.3, 0.4) is 0 Å². The minimum Gasteiger partial charge on any atom is -0.488 e. The maximum atomic E-state index is 14.4. The van der Waals surface area contributed by atoms with Gasteiger partial charge in [-0.2, -0.15) is 13.2 Å². The van der Waals surface area contributed by atoms with Crippen LogP contribution in [0.1, 0.15) is 40.8 Å². The Labute approximate surface area is 226 Å². The summed E-state index contributed by atoms with van der Waals surface area (Å²) in [7, 11) is -4.40. The van der Waals surface area contributed by atoms with Gasteiger partial charge < -0.3 is 15.2 Å². The van der Waals surface area contributed by atoms with Crippen molar-refractivity contribution in [2.24, 2.45) is 0 Å². The molecule has 0 bridgehead atoms. The Hall–Kier alpha value is -3.57. The molecule has 0 spiro atoms. The summed E-state index contributed by atoms with van der Waals surface area (Å²) in [6.07, 6.45) is -5.63. The fraction of sp³-hybridized carbons (Fsp3) is 0.222. The molecule has 1 amide bonds. The third-order valence-electron chi connectivity index (χ3n) is 6.24. The predicted molar refractivity (Wildman–Crippen MR) is 138 cm³/mol. The van der Waals surface area contributed by atoms with Crippen LogP contribution >= 0.6 is 11.6 Å². The highest BCUT2D eigenvalue weighted by Gasteiger charge is 2.39. The molecule has 1 aliphatic heterocycles. The van der Waals surface area contributed by atoms with Gasteiger partial charge in [0.1, 0.15) is 17.7 Å². The molecule has 0 radical (unpaired) electrons. The first-order valence-corrected chi connectivity index (χ1v) is 13.5. The van der Waals surface area contributed by atoms with E-state index in [4.69, 9.17) is 21.4 Å². The third kappa shape index (κ3) is 6.20. The lowest BCUT2D eigenvalue weighted by Gasteiger charge is -2.32. The largest absolute Gasteiger partial charge is 0.488 e. The second-order valence-electron chi connectivity index (χ2n) is 8.94. The number of benzene rings is 3. The van der Waals surface area contributed by atoms with Crippen molar-refractivity contribution in [1.29, 1.82) is 0 Å². The van der Waals surface area contributed by atoms with Gasteiger partial charge in [-0.15, -0.1) is 0 Å². The van der Waals surface area contributed by atoms with Crippen LogP contribution in [0.25, 0.3) is 11.6 Å². The molecule has 12 heteroatoms. The van der Waals surface area contributed by atoms with E-state index in [1.54, 1.807) is 19.1 Å². The summed E-state index contributed by atoms with van der Waals surface area (Å²) < 4.78 is 87.7. The van der Waals surface area contributed by atoms with E-state index < -0.39 is 49.7 Å². The van der Waals surface area contributed by atoms with Gasteiger partial charge in [-0.05, 0) is 60.5 Å². The highest BCUT2D eigenvalue weighted by molar-refractivity contribution is 7.91. The molecule has 2 unspecified atom stereocenters. The smallest absolute Gasteiger partial charge is 0.416 e. The number of allylic oxidation sites excluding steroid dienone is 1. The Morgan fingerprint density at radius 3 is 2.54 bits per heavy atom. The van der Waals surface area contributed by atoms with E-state index in [9.17, 15) is 30.8 Å². The van der Waals surface area contributed by atoms with Gasteiger partial charge in [-0.3, -0.25) is 0 Å². The number of hydrogen-bond acceptors (Lipinski definition) is 4. The summed E-state index contributed by atoms with van der Waals surface area (Å²) in [6.45, 7) is 1.39. The van der Waals surface area contributed by atoms with Gasteiger partial charge in [0, 0.05) is 17.5 Å². The highest BCUT2D eigenvalue weighted by Crippen LogP contribution is 2.44. The number of hydrogen-bond donors (Lipinski definition) is 2. The van der Waals surface area contributed by atoms with Crippen molar-refractivity contribution in [3.05, 3.63) is 93.8 Å². The van der Waals surface area contributed by atoms with Crippen molar-refractivity contribution in [1.82, 2.24) is 5.32 Å². The van der Waals surface area contributed by atoms with Crippen LogP contribution in [-0.2, 0) is 16.0 Å². The molecular weight excluding hydrogens is 562 g/mol. The van der Waals surface area contributed by atoms with Crippen LogP contribution in [0.5, 0.6) is 5.75 Å². The fourth-order valence-corrected chi connectivity index (χ4v) is 6.63. The van der Waals surface area contributed by atoms with Crippen LogP contribution in [0, 0.1) is 5.82 Å². The zero-order valence-corrected chi connectivity index (χ0v) is 21.9. The number of fused-ring (bicyclic) bond motifs is 1. The molecule has 3 aromatic rings. The molecule has 2 N–H and O–H groups in total. The van der Waals surface area contributed by atoms with Gasteiger partial charge in [0.2, 0.25) is 0 Å². The molecule has 39 heavy (non-hydrogen) atoms.